The molecule has 0 spiro atoms. The highest BCUT2D eigenvalue weighted by Crippen LogP contribution is 2.32. The number of benzene rings is 2. The maximum absolute atomic E-state index is 12.8. The molecule has 2 aromatic carbocycles. The number of hydrogen-bond acceptors (Lipinski definition) is 4. The summed E-state index contributed by atoms with van der Waals surface area (Å²) in [6.07, 6.45) is 1.57. The van der Waals surface area contributed by atoms with Crippen LogP contribution in [0.3, 0.4) is 0 Å². The maximum Gasteiger partial charge on any atom is 0.243 e. The summed E-state index contributed by atoms with van der Waals surface area (Å²) in [4.78, 5) is 26.9. The number of ether oxygens (including phenoxy) is 2. The maximum atomic E-state index is 12.8. The number of methoxy groups -OCH3 is 2. The van der Waals surface area contributed by atoms with Gasteiger partial charge in [0, 0.05) is 25.1 Å². The van der Waals surface area contributed by atoms with Crippen LogP contribution in [0.25, 0.3) is 0 Å². The van der Waals surface area contributed by atoms with E-state index >= 15 is 0 Å². The molecule has 0 radical (unpaired) electrons. The van der Waals surface area contributed by atoms with Gasteiger partial charge in [0.05, 0.1) is 14.2 Å². The summed E-state index contributed by atoms with van der Waals surface area (Å²) < 4.78 is 10.6. The number of anilines is 1. The first-order chi connectivity index (χ1) is 13.6. The Labute approximate surface area is 165 Å². The van der Waals surface area contributed by atoms with Gasteiger partial charge in [-0.1, -0.05) is 31.2 Å². The van der Waals surface area contributed by atoms with E-state index in [4.69, 9.17) is 9.47 Å². The van der Waals surface area contributed by atoms with E-state index in [9.17, 15) is 9.59 Å². The lowest BCUT2D eigenvalue weighted by molar-refractivity contribution is -0.126. The van der Waals surface area contributed by atoms with Crippen LogP contribution in [0.5, 0.6) is 11.5 Å². The van der Waals surface area contributed by atoms with Gasteiger partial charge in [0.15, 0.2) is 11.5 Å². The lowest BCUT2D eigenvalue weighted by atomic mass is 10.1. The van der Waals surface area contributed by atoms with Crippen LogP contribution in [0.2, 0.25) is 0 Å². The van der Waals surface area contributed by atoms with Gasteiger partial charge < -0.3 is 14.8 Å². The fraction of sp³-hybridized carbons (Fsp3) is 0.364. The lowest BCUT2D eigenvalue weighted by Gasteiger charge is -2.24. The van der Waals surface area contributed by atoms with Gasteiger partial charge >= 0.3 is 0 Å². The minimum atomic E-state index is -0.491. The first-order valence-corrected chi connectivity index (χ1v) is 9.47. The minimum absolute atomic E-state index is 0.0370. The summed E-state index contributed by atoms with van der Waals surface area (Å²) in [6.45, 7) is 2.30. The Bertz CT molecular complexity index is 865. The predicted molar refractivity (Wildman–Crippen MR) is 108 cm³/mol. The standard InChI is InChI=1S/C22H26N2O4/c1-4-21(25)24-17-8-6-5-7-16(17)14-18(24)22(26)23-12-11-15-9-10-19(27-2)20(13-15)28-3/h5-10,13,18H,4,11-12,14H2,1-3H3,(H,23,26)/t18-/m0/s1. The van der Waals surface area contributed by atoms with E-state index in [1.54, 1.807) is 19.1 Å². The summed E-state index contributed by atoms with van der Waals surface area (Å²) in [6, 6.07) is 12.9. The molecule has 1 N–H and O–H groups in total. The smallest absolute Gasteiger partial charge is 0.243 e. The molecule has 28 heavy (non-hydrogen) atoms. The van der Waals surface area contributed by atoms with Crippen molar-refractivity contribution < 1.29 is 19.1 Å². The SMILES string of the molecule is CCC(=O)N1c2ccccc2C[C@H]1C(=O)NCCc1ccc(OC)c(OC)c1. The van der Waals surface area contributed by atoms with Gasteiger partial charge in [-0.15, -0.1) is 0 Å². The molecular formula is C22H26N2O4. The van der Waals surface area contributed by atoms with Crippen LogP contribution < -0.4 is 19.7 Å². The summed E-state index contributed by atoms with van der Waals surface area (Å²) in [5.74, 6) is 1.17. The number of carbonyl (C=O) groups excluding carboxylic acids is 2. The van der Waals surface area contributed by atoms with Crippen molar-refractivity contribution in [1.82, 2.24) is 5.32 Å². The molecular weight excluding hydrogens is 356 g/mol. The predicted octanol–water partition coefficient (Wildman–Crippen LogP) is 2.73. The Morgan fingerprint density at radius 1 is 1.11 bits per heavy atom. The summed E-state index contributed by atoms with van der Waals surface area (Å²) in [5.41, 5.74) is 2.91. The van der Waals surface area contributed by atoms with Crippen molar-refractivity contribution in [3.05, 3.63) is 53.6 Å². The van der Waals surface area contributed by atoms with Gasteiger partial charge in [-0.3, -0.25) is 14.5 Å². The molecule has 0 saturated heterocycles. The third kappa shape index (κ3) is 3.96. The molecule has 1 atom stereocenters. The number of hydrogen-bond donors (Lipinski definition) is 1. The number of rotatable bonds is 7. The monoisotopic (exact) mass is 382 g/mol. The van der Waals surface area contributed by atoms with E-state index in [0.717, 1.165) is 16.8 Å². The molecule has 0 bridgehead atoms. The molecule has 1 heterocycles. The molecule has 2 aromatic rings. The van der Waals surface area contributed by atoms with Crippen molar-refractivity contribution in [3.63, 3.8) is 0 Å². The largest absolute Gasteiger partial charge is 0.493 e. The number of nitrogens with one attached hydrogen (secondary N) is 1. The second-order valence-corrected chi connectivity index (χ2v) is 6.70. The van der Waals surface area contributed by atoms with Gasteiger partial charge in [0.2, 0.25) is 11.8 Å². The first-order valence-electron chi connectivity index (χ1n) is 9.47. The van der Waals surface area contributed by atoms with Crippen LogP contribution in [-0.2, 0) is 22.4 Å². The Morgan fingerprint density at radius 3 is 2.57 bits per heavy atom. The number of para-hydroxylation sites is 1. The quantitative estimate of drug-likeness (QED) is 0.800. The molecule has 0 fully saturated rings. The van der Waals surface area contributed by atoms with Crippen LogP contribution >= 0.6 is 0 Å². The number of fused-ring (bicyclic) bond motifs is 1. The van der Waals surface area contributed by atoms with Crippen molar-refractivity contribution in [2.45, 2.75) is 32.2 Å². The van der Waals surface area contributed by atoms with Crippen molar-refractivity contribution in [3.8, 4) is 11.5 Å². The van der Waals surface area contributed by atoms with Crippen molar-refractivity contribution in [2.24, 2.45) is 0 Å². The molecule has 148 valence electrons. The molecule has 2 amide bonds. The fourth-order valence-electron chi connectivity index (χ4n) is 3.56. The highest BCUT2D eigenvalue weighted by Gasteiger charge is 2.37. The molecule has 1 aliphatic rings. The zero-order valence-corrected chi connectivity index (χ0v) is 16.5. The van der Waals surface area contributed by atoms with Crippen LogP contribution in [0.15, 0.2) is 42.5 Å². The van der Waals surface area contributed by atoms with E-state index in [2.05, 4.69) is 5.32 Å². The zero-order valence-electron chi connectivity index (χ0n) is 16.5. The van der Waals surface area contributed by atoms with E-state index in [1.807, 2.05) is 49.4 Å². The van der Waals surface area contributed by atoms with Crippen LogP contribution in [0.1, 0.15) is 24.5 Å². The minimum Gasteiger partial charge on any atom is -0.493 e. The highest BCUT2D eigenvalue weighted by molar-refractivity contribution is 6.03. The van der Waals surface area contributed by atoms with E-state index < -0.39 is 6.04 Å². The molecule has 3 rings (SSSR count). The van der Waals surface area contributed by atoms with Gasteiger partial charge in [-0.05, 0) is 35.7 Å². The number of amides is 2. The number of carbonyl (C=O) groups is 2. The summed E-state index contributed by atoms with van der Waals surface area (Å²) in [7, 11) is 3.20. The van der Waals surface area contributed by atoms with Gasteiger partial charge in [-0.2, -0.15) is 0 Å². The fourth-order valence-corrected chi connectivity index (χ4v) is 3.56. The second-order valence-electron chi connectivity index (χ2n) is 6.70. The van der Waals surface area contributed by atoms with Crippen LogP contribution in [-0.4, -0.2) is 38.6 Å². The van der Waals surface area contributed by atoms with Crippen LogP contribution in [0, 0.1) is 0 Å². The summed E-state index contributed by atoms with van der Waals surface area (Å²) >= 11 is 0. The van der Waals surface area contributed by atoms with Crippen molar-refractivity contribution >= 4 is 17.5 Å². The van der Waals surface area contributed by atoms with Crippen molar-refractivity contribution in [2.75, 3.05) is 25.7 Å². The van der Waals surface area contributed by atoms with Crippen molar-refractivity contribution in [1.29, 1.82) is 0 Å². The van der Waals surface area contributed by atoms with E-state index in [1.165, 1.54) is 0 Å². The highest BCUT2D eigenvalue weighted by atomic mass is 16.5. The van der Waals surface area contributed by atoms with Gasteiger partial charge in [0.25, 0.3) is 0 Å². The normalized spacial score (nSPS) is 15.1. The average Bonchev–Trinajstić information content (AvgIpc) is 3.12. The molecule has 0 aliphatic carbocycles. The molecule has 6 nitrogen and oxygen atoms in total. The summed E-state index contributed by atoms with van der Waals surface area (Å²) in [5, 5.41) is 2.98. The Balaban J connectivity index is 1.64. The molecule has 6 heteroatoms. The molecule has 0 aromatic heterocycles. The average molecular weight is 382 g/mol. The first kappa shape index (κ1) is 19.7. The Kier molecular flexibility index (Phi) is 6.19. The third-order valence-electron chi connectivity index (χ3n) is 5.01. The van der Waals surface area contributed by atoms with Crippen LogP contribution in [0.4, 0.5) is 5.69 Å². The molecule has 0 unspecified atom stereocenters. The van der Waals surface area contributed by atoms with E-state index in [-0.39, 0.29) is 11.8 Å². The second kappa shape index (κ2) is 8.78. The van der Waals surface area contributed by atoms with Gasteiger partial charge in [-0.25, -0.2) is 0 Å². The lowest BCUT2D eigenvalue weighted by Crippen LogP contribution is -2.48. The topological polar surface area (TPSA) is 67.9 Å². The number of nitrogens with zero attached hydrogens (tertiary/aromatic N) is 1. The molecule has 0 saturated carbocycles. The molecule has 1 aliphatic heterocycles. The Hall–Kier alpha value is -3.02. The van der Waals surface area contributed by atoms with Gasteiger partial charge in [0.1, 0.15) is 6.04 Å². The van der Waals surface area contributed by atoms with E-state index in [0.29, 0.717) is 37.3 Å². The Morgan fingerprint density at radius 2 is 1.86 bits per heavy atom. The third-order valence-corrected chi connectivity index (χ3v) is 5.01. The zero-order chi connectivity index (χ0) is 20.1.